The maximum Gasteiger partial charge on any atom is 0.122 e. The molecule has 2 aromatic carbocycles. The number of ether oxygens (including phenoxy) is 1. The molecule has 4 heteroatoms. The lowest BCUT2D eigenvalue weighted by atomic mass is 9.95. The third-order valence-corrected chi connectivity index (χ3v) is 4.40. The van der Waals surface area contributed by atoms with Crippen molar-refractivity contribution in [2.24, 2.45) is 0 Å². The topological polar surface area (TPSA) is 21.3 Å². The summed E-state index contributed by atoms with van der Waals surface area (Å²) in [7, 11) is 1.93. The molecule has 2 nitrogen and oxygen atoms in total. The number of rotatable bonds is 3. The Morgan fingerprint density at radius 1 is 1.14 bits per heavy atom. The van der Waals surface area contributed by atoms with Crippen LogP contribution in [-0.4, -0.2) is 13.7 Å². The summed E-state index contributed by atoms with van der Waals surface area (Å²) in [5.74, 6) is 0.997. The van der Waals surface area contributed by atoms with Gasteiger partial charge in [-0.1, -0.05) is 35.3 Å². The Balaban J connectivity index is 2.01. The molecule has 1 N–H and O–H groups in total. The molecule has 0 aliphatic carbocycles. The number of aryl methyl sites for hydroxylation is 1. The van der Waals surface area contributed by atoms with Crippen LogP contribution in [0.4, 0.5) is 0 Å². The molecule has 21 heavy (non-hydrogen) atoms. The molecular weight excluding hydrogens is 305 g/mol. The molecule has 3 rings (SSSR count). The number of benzene rings is 2. The van der Waals surface area contributed by atoms with Crippen molar-refractivity contribution in [2.75, 3.05) is 13.7 Å². The summed E-state index contributed by atoms with van der Waals surface area (Å²) < 4.78 is 5.67. The number of fused-ring (bicyclic) bond motifs is 1. The number of halogens is 2. The van der Waals surface area contributed by atoms with E-state index in [9.17, 15) is 0 Å². The molecule has 110 valence electrons. The summed E-state index contributed by atoms with van der Waals surface area (Å²) in [5, 5.41) is 4.73. The average Bonchev–Trinajstić information content (AvgIpc) is 2.51. The smallest absolute Gasteiger partial charge is 0.122 e. The summed E-state index contributed by atoms with van der Waals surface area (Å²) in [6, 6.07) is 11.9. The van der Waals surface area contributed by atoms with E-state index >= 15 is 0 Å². The Labute approximate surface area is 135 Å². The lowest BCUT2D eigenvalue weighted by Gasteiger charge is -2.22. The minimum absolute atomic E-state index is 0.0171. The van der Waals surface area contributed by atoms with Gasteiger partial charge in [0, 0.05) is 10.0 Å². The summed E-state index contributed by atoms with van der Waals surface area (Å²) in [5.41, 5.74) is 3.42. The van der Waals surface area contributed by atoms with E-state index in [4.69, 9.17) is 27.9 Å². The first-order valence-electron chi connectivity index (χ1n) is 7.07. The lowest BCUT2D eigenvalue weighted by Crippen LogP contribution is -2.19. The second kappa shape index (κ2) is 6.27. The number of hydrogen-bond donors (Lipinski definition) is 1. The van der Waals surface area contributed by atoms with Gasteiger partial charge < -0.3 is 10.1 Å². The highest BCUT2D eigenvalue weighted by Crippen LogP contribution is 2.33. The van der Waals surface area contributed by atoms with Crippen LogP contribution in [0.2, 0.25) is 10.0 Å². The third kappa shape index (κ3) is 3.03. The molecule has 0 saturated heterocycles. The van der Waals surface area contributed by atoms with Gasteiger partial charge in [-0.15, -0.1) is 0 Å². The van der Waals surface area contributed by atoms with E-state index in [1.807, 2.05) is 25.2 Å². The lowest BCUT2D eigenvalue weighted by molar-refractivity contribution is 0.288. The van der Waals surface area contributed by atoms with Crippen molar-refractivity contribution in [1.29, 1.82) is 0 Å². The van der Waals surface area contributed by atoms with E-state index in [-0.39, 0.29) is 6.04 Å². The zero-order valence-corrected chi connectivity index (χ0v) is 13.3. The minimum Gasteiger partial charge on any atom is -0.493 e. The first kappa shape index (κ1) is 14.7. The molecule has 0 aromatic heterocycles. The van der Waals surface area contributed by atoms with Crippen LogP contribution in [0.5, 0.6) is 5.75 Å². The molecule has 0 radical (unpaired) electrons. The quantitative estimate of drug-likeness (QED) is 0.890. The first-order chi connectivity index (χ1) is 10.2. The highest BCUT2D eigenvalue weighted by atomic mass is 35.5. The van der Waals surface area contributed by atoms with Gasteiger partial charge in [0.25, 0.3) is 0 Å². The molecule has 2 aromatic rings. The fraction of sp³-hybridized carbons (Fsp3) is 0.294. The monoisotopic (exact) mass is 321 g/mol. The molecule has 1 heterocycles. The third-order valence-electron chi connectivity index (χ3n) is 3.82. The van der Waals surface area contributed by atoms with Gasteiger partial charge in [-0.25, -0.2) is 0 Å². The van der Waals surface area contributed by atoms with Crippen molar-refractivity contribution in [1.82, 2.24) is 5.32 Å². The van der Waals surface area contributed by atoms with Crippen molar-refractivity contribution in [2.45, 2.75) is 18.9 Å². The molecule has 0 spiro atoms. The van der Waals surface area contributed by atoms with Crippen LogP contribution in [0.25, 0.3) is 0 Å². The van der Waals surface area contributed by atoms with Crippen molar-refractivity contribution in [3.8, 4) is 5.75 Å². The van der Waals surface area contributed by atoms with E-state index in [0.717, 1.165) is 30.8 Å². The number of hydrogen-bond acceptors (Lipinski definition) is 2. The normalized spacial score (nSPS) is 15.2. The van der Waals surface area contributed by atoms with Crippen LogP contribution < -0.4 is 10.1 Å². The van der Waals surface area contributed by atoms with Crippen LogP contribution in [-0.2, 0) is 6.42 Å². The van der Waals surface area contributed by atoms with Gasteiger partial charge in [0.15, 0.2) is 0 Å². The van der Waals surface area contributed by atoms with E-state index in [1.54, 1.807) is 6.07 Å². The Morgan fingerprint density at radius 3 is 2.81 bits per heavy atom. The zero-order valence-electron chi connectivity index (χ0n) is 11.8. The van der Waals surface area contributed by atoms with Crippen molar-refractivity contribution >= 4 is 23.2 Å². The predicted molar refractivity (Wildman–Crippen MR) is 87.6 cm³/mol. The number of nitrogens with one attached hydrogen (secondary N) is 1. The summed E-state index contributed by atoms with van der Waals surface area (Å²) in [4.78, 5) is 0. The zero-order chi connectivity index (χ0) is 14.8. The van der Waals surface area contributed by atoms with Crippen molar-refractivity contribution in [3.05, 3.63) is 63.1 Å². The van der Waals surface area contributed by atoms with Gasteiger partial charge in [0.05, 0.1) is 12.6 Å². The van der Waals surface area contributed by atoms with Crippen LogP contribution in [0.1, 0.15) is 29.2 Å². The average molecular weight is 322 g/mol. The summed E-state index contributed by atoms with van der Waals surface area (Å²) in [6.45, 7) is 0.807. The largest absolute Gasteiger partial charge is 0.493 e. The van der Waals surface area contributed by atoms with Crippen molar-refractivity contribution in [3.63, 3.8) is 0 Å². The van der Waals surface area contributed by atoms with Crippen LogP contribution in [0.15, 0.2) is 36.4 Å². The highest BCUT2D eigenvalue weighted by Gasteiger charge is 2.18. The van der Waals surface area contributed by atoms with Crippen LogP contribution >= 0.6 is 23.2 Å². The second-order valence-electron chi connectivity index (χ2n) is 5.21. The molecule has 0 amide bonds. The molecular formula is C17H17Cl2NO. The Bertz CT molecular complexity index is 657. The Hall–Kier alpha value is -1.22. The van der Waals surface area contributed by atoms with Gasteiger partial charge in [0.1, 0.15) is 5.75 Å². The first-order valence-corrected chi connectivity index (χ1v) is 7.82. The maximum absolute atomic E-state index is 6.34. The van der Waals surface area contributed by atoms with Gasteiger partial charge in [-0.05, 0) is 60.8 Å². The molecule has 1 unspecified atom stereocenters. The second-order valence-corrected chi connectivity index (χ2v) is 6.05. The van der Waals surface area contributed by atoms with Crippen LogP contribution in [0.3, 0.4) is 0 Å². The van der Waals surface area contributed by atoms with Gasteiger partial charge in [0.2, 0.25) is 0 Å². The van der Waals surface area contributed by atoms with Crippen LogP contribution in [0, 0.1) is 0 Å². The standard InChI is InChI=1S/C17H17Cl2NO/c1-20-17(14-10-13(18)5-6-15(14)19)12-4-7-16-11(9-12)3-2-8-21-16/h4-7,9-10,17,20H,2-3,8H2,1H3. The van der Waals surface area contributed by atoms with Gasteiger partial charge in [-0.3, -0.25) is 0 Å². The Morgan fingerprint density at radius 2 is 2.00 bits per heavy atom. The molecule has 1 atom stereocenters. The predicted octanol–water partition coefficient (Wildman–Crippen LogP) is 4.63. The highest BCUT2D eigenvalue weighted by molar-refractivity contribution is 6.33. The fourth-order valence-corrected chi connectivity index (χ4v) is 3.20. The van der Waals surface area contributed by atoms with Gasteiger partial charge >= 0.3 is 0 Å². The van der Waals surface area contributed by atoms with E-state index in [2.05, 4.69) is 17.4 Å². The maximum atomic E-state index is 6.34. The van der Waals surface area contributed by atoms with E-state index in [1.165, 1.54) is 11.1 Å². The minimum atomic E-state index is 0.0171. The SMILES string of the molecule is CNC(c1ccc2c(c1)CCCO2)c1cc(Cl)ccc1Cl. The van der Waals surface area contributed by atoms with E-state index < -0.39 is 0 Å². The molecule has 0 bridgehead atoms. The summed E-state index contributed by atoms with van der Waals surface area (Å²) in [6.07, 6.45) is 2.13. The fourth-order valence-electron chi connectivity index (χ4n) is 2.80. The Kier molecular flexibility index (Phi) is 4.39. The van der Waals surface area contributed by atoms with E-state index in [0.29, 0.717) is 10.0 Å². The molecule has 1 aliphatic heterocycles. The summed E-state index contributed by atoms with van der Waals surface area (Å²) >= 11 is 12.5. The molecule has 1 aliphatic rings. The van der Waals surface area contributed by atoms with Crippen molar-refractivity contribution < 1.29 is 4.74 Å². The molecule has 0 saturated carbocycles. The molecule has 0 fully saturated rings. The van der Waals surface area contributed by atoms with Gasteiger partial charge in [-0.2, -0.15) is 0 Å².